The Morgan fingerprint density at radius 1 is 1.02 bits per heavy atom. The lowest BCUT2D eigenvalue weighted by atomic mass is 10.0. The number of amides is 2. The fourth-order valence-corrected chi connectivity index (χ4v) is 5.37. The standard InChI is InChI=1S/C31H38N4O7S/c1-22(2)19-32-31(37)28(17-24-12-7-6-8-13-24)33(20-25-14-10-9-11-23(25)3)30(36)21-34(43(5,40)41)27-18-26(35(38)39)15-16-29(27)42-4/h6-16,18,22,28H,17,19-21H2,1-5H3,(H,32,37)/t28-/m0/s1. The molecule has 0 unspecified atom stereocenters. The number of nitrogens with one attached hydrogen (secondary N) is 1. The summed E-state index contributed by atoms with van der Waals surface area (Å²) in [5.41, 5.74) is 1.96. The van der Waals surface area contributed by atoms with Gasteiger partial charge in [-0.3, -0.25) is 24.0 Å². The molecule has 230 valence electrons. The lowest BCUT2D eigenvalue weighted by Crippen LogP contribution is -2.53. The van der Waals surface area contributed by atoms with E-state index < -0.39 is 33.4 Å². The molecule has 0 aliphatic carbocycles. The minimum Gasteiger partial charge on any atom is -0.495 e. The molecule has 0 heterocycles. The molecule has 0 aliphatic rings. The molecule has 12 heteroatoms. The van der Waals surface area contributed by atoms with Gasteiger partial charge in [-0.1, -0.05) is 68.4 Å². The Kier molecular flexibility index (Phi) is 11.2. The molecule has 3 aromatic carbocycles. The molecular weight excluding hydrogens is 572 g/mol. The summed E-state index contributed by atoms with van der Waals surface area (Å²) in [4.78, 5) is 40.2. The molecule has 0 aliphatic heterocycles. The van der Waals surface area contributed by atoms with Gasteiger partial charge in [0.15, 0.2) is 0 Å². The van der Waals surface area contributed by atoms with Crippen molar-refractivity contribution >= 4 is 33.2 Å². The van der Waals surface area contributed by atoms with E-state index in [0.717, 1.165) is 33.3 Å². The summed E-state index contributed by atoms with van der Waals surface area (Å²) < 4.78 is 32.2. The second-order valence-electron chi connectivity index (χ2n) is 10.7. The lowest BCUT2D eigenvalue weighted by molar-refractivity contribution is -0.384. The molecule has 3 rings (SSSR count). The minimum atomic E-state index is -4.15. The highest BCUT2D eigenvalue weighted by Crippen LogP contribution is 2.34. The van der Waals surface area contributed by atoms with Crippen LogP contribution in [-0.4, -0.2) is 62.6 Å². The molecular formula is C31H38N4O7S. The predicted octanol–water partition coefficient (Wildman–Crippen LogP) is 4.09. The van der Waals surface area contributed by atoms with Gasteiger partial charge in [-0.25, -0.2) is 8.42 Å². The number of non-ortho nitro benzene ring substituents is 1. The topological polar surface area (TPSA) is 139 Å². The minimum absolute atomic E-state index is 0.0295. The van der Waals surface area contributed by atoms with E-state index in [1.54, 1.807) is 0 Å². The summed E-state index contributed by atoms with van der Waals surface area (Å²) in [7, 11) is -2.85. The predicted molar refractivity (Wildman–Crippen MR) is 165 cm³/mol. The number of carbonyl (C=O) groups excluding carboxylic acids is 2. The number of hydrogen-bond donors (Lipinski definition) is 1. The van der Waals surface area contributed by atoms with E-state index in [0.29, 0.717) is 6.54 Å². The van der Waals surface area contributed by atoms with Crippen LogP contribution in [0.1, 0.15) is 30.5 Å². The van der Waals surface area contributed by atoms with Gasteiger partial charge in [-0.05, 0) is 35.6 Å². The molecule has 0 saturated heterocycles. The van der Waals surface area contributed by atoms with Crippen molar-refractivity contribution in [1.82, 2.24) is 10.2 Å². The number of nitro groups is 1. The third-order valence-corrected chi connectivity index (χ3v) is 8.01. The van der Waals surface area contributed by atoms with Crippen LogP contribution in [0.5, 0.6) is 5.75 Å². The molecule has 0 radical (unpaired) electrons. The van der Waals surface area contributed by atoms with Crippen LogP contribution in [0.2, 0.25) is 0 Å². The third kappa shape index (κ3) is 9.02. The van der Waals surface area contributed by atoms with Crippen LogP contribution in [-0.2, 0) is 32.6 Å². The first-order valence-corrected chi connectivity index (χ1v) is 15.6. The van der Waals surface area contributed by atoms with Crippen molar-refractivity contribution in [1.29, 1.82) is 0 Å². The zero-order valence-electron chi connectivity index (χ0n) is 25.0. The quantitative estimate of drug-likeness (QED) is 0.214. The van der Waals surface area contributed by atoms with Gasteiger partial charge in [0.2, 0.25) is 21.8 Å². The second kappa shape index (κ2) is 14.6. The second-order valence-corrected chi connectivity index (χ2v) is 12.6. The SMILES string of the molecule is COc1ccc([N+](=O)[O-])cc1N(CC(=O)N(Cc1ccccc1C)[C@@H](Cc1ccccc1)C(=O)NCC(C)C)S(C)(=O)=O. The summed E-state index contributed by atoms with van der Waals surface area (Å²) in [5, 5.41) is 14.4. The molecule has 1 N–H and O–H groups in total. The number of aryl methyl sites for hydroxylation is 1. The zero-order valence-corrected chi connectivity index (χ0v) is 25.8. The van der Waals surface area contributed by atoms with Gasteiger partial charge in [-0.2, -0.15) is 0 Å². The number of carbonyl (C=O) groups is 2. The maximum Gasteiger partial charge on any atom is 0.271 e. The molecule has 43 heavy (non-hydrogen) atoms. The molecule has 0 bridgehead atoms. The highest BCUT2D eigenvalue weighted by atomic mass is 32.2. The van der Waals surface area contributed by atoms with Gasteiger partial charge >= 0.3 is 0 Å². The van der Waals surface area contributed by atoms with Gasteiger partial charge in [0.05, 0.1) is 18.3 Å². The monoisotopic (exact) mass is 610 g/mol. The molecule has 0 aromatic heterocycles. The van der Waals surface area contributed by atoms with Crippen molar-refractivity contribution in [2.24, 2.45) is 5.92 Å². The summed E-state index contributed by atoms with van der Waals surface area (Å²) in [5.74, 6) is -0.852. The lowest BCUT2D eigenvalue weighted by Gasteiger charge is -2.34. The van der Waals surface area contributed by atoms with Crippen molar-refractivity contribution in [3.63, 3.8) is 0 Å². The maximum atomic E-state index is 14.2. The first-order chi connectivity index (χ1) is 20.3. The summed E-state index contributed by atoms with van der Waals surface area (Å²) in [6.45, 7) is 5.50. The van der Waals surface area contributed by atoms with Crippen molar-refractivity contribution in [3.8, 4) is 5.75 Å². The van der Waals surface area contributed by atoms with Gasteiger partial charge in [0, 0.05) is 31.6 Å². The van der Waals surface area contributed by atoms with E-state index in [1.165, 1.54) is 24.1 Å². The maximum absolute atomic E-state index is 14.2. The Balaban J connectivity index is 2.13. The third-order valence-electron chi connectivity index (χ3n) is 6.88. The van der Waals surface area contributed by atoms with Crippen LogP contribution in [0.3, 0.4) is 0 Å². The number of hydrogen-bond acceptors (Lipinski definition) is 7. The van der Waals surface area contributed by atoms with E-state index >= 15 is 0 Å². The van der Waals surface area contributed by atoms with Crippen molar-refractivity contribution in [3.05, 3.63) is 99.6 Å². The van der Waals surface area contributed by atoms with Crippen LogP contribution in [0.15, 0.2) is 72.8 Å². The van der Waals surface area contributed by atoms with E-state index in [-0.39, 0.29) is 41.9 Å². The van der Waals surface area contributed by atoms with E-state index in [4.69, 9.17) is 4.74 Å². The van der Waals surface area contributed by atoms with Gasteiger partial charge in [0.1, 0.15) is 24.0 Å². The first-order valence-electron chi connectivity index (χ1n) is 13.8. The average Bonchev–Trinajstić information content (AvgIpc) is 2.96. The fourth-order valence-electron chi connectivity index (χ4n) is 4.53. The Hall–Kier alpha value is -4.45. The molecule has 0 spiro atoms. The average molecular weight is 611 g/mol. The number of nitrogens with zero attached hydrogens (tertiary/aromatic N) is 3. The number of methoxy groups -OCH3 is 1. The largest absolute Gasteiger partial charge is 0.495 e. The molecule has 3 aromatic rings. The molecule has 1 atom stereocenters. The Bertz CT molecular complexity index is 1540. The van der Waals surface area contributed by atoms with Crippen LogP contribution in [0.25, 0.3) is 0 Å². The van der Waals surface area contributed by atoms with Gasteiger partial charge in [-0.15, -0.1) is 0 Å². The van der Waals surface area contributed by atoms with Crippen molar-refractivity contribution in [2.45, 2.75) is 39.8 Å². The number of ether oxygens (including phenoxy) is 1. The number of rotatable bonds is 14. The van der Waals surface area contributed by atoms with Gasteiger partial charge in [0.25, 0.3) is 5.69 Å². The Morgan fingerprint density at radius 3 is 2.26 bits per heavy atom. The first kappa shape index (κ1) is 33.1. The molecule has 11 nitrogen and oxygen atoms in total. The molecule has 0 saturated carbocycles. The van der Waals surface area contributed by atoms with E-state index in [2.05, 4.69) is 5.32 Å². The molecule has 0 fully saturated rings. The Labute approximate surface area is 252 Å². The van der Waals surface area contributed by atoms with E-state index in [9.17, 15) is 28.1 Å². The van der Waals surface area contributed by atoms with Crippen molar-refractivity contribution in [2.75, 3.05) is 30.8 Å². The molecule has 2 amide bonds. The number of sulfonamides is 1. The normalized spacial score (nSPS) is 12.0. The summed E-state index contributed by atoms with van der Waals surface area (Å²) in [6.07, 6.45) is 1.09. The van der Waals surface area contributed by atoms with Crippen LogP contribution in [0.4, 0.5) is 11.4 Å². The van der Waals surface area contributed by atoms with Crippen LogP contribution >= 0.6 is 0 Å². The van der Waals surface area contributed by atoms with Crippen molar-refractivity contribution < 1.29 is 27.7 Å². The van der Waals surface area contributed by atoms with Crippen LogP contribution < -0.4 is 14.4 Å². The Morgan fingerprint density at radius 2 is 1.67 bits per heavy atom. The summed E-state index contributed by atoms with van der Waals surface area (Å²) in [6, 6.07) is 19.2. The van der Waals surface area contributed by atoms with E-state index in [1.807, 2.05) is 75.4 Å². The van der Waals surface area contributed by atoms with Crippen LogP contribution in [0, 0.1) is 23.0 Å². The van der Waals surface area contributed by atoms with Gasteiger partial charge < -0.3 is 15.0 Å². The zero-order chi connectivity index (χ0) is 31.7. The number of nitro benzene ring substituents is 1. The smallest absolute Gasteiger partial charge is 0.271 e. The fraction of sp³-hybridized carbons (Fsp3) is 0.355. The highest BCUT2D eigenvalue weighted by Gasteiger charge is 2.34. The number of benzene rings is 3. The number of anilines is 1. The highest BCUT2D eigenvalue weighted by molar-refractivity contribution is 7.92. The summed E-state index contributed by atoms with van der Waals surface area (Å²) >= 11 is 0.